The molecule has 1 aromatic heterocycles. The third-order valence-corrected chi connectivity index (χ3v) is 5.54. The van der Waals surface area contributed by atoms with Crippen LogP contribution in [-0.2, 0) is 9.59 Å². The van der Waals surface area contributed by atoms with Gasteiger partial charge in [-0.1, -0.05) is 29.8 Å². The van der Waals surface area contributed by atoms with Gasteiger partial charge in [0.2, 0.25) is 11.8 Å². The minimum Gasteiger partial charge on any atom is -0.497 e. The highest BCUT2D eigenvalue weighted by Gasteiger charge is 2.19. The first kappa shape index (κ1) is 21.5. The number of aromatic nitrogens is 1. The smallest absolute Gasteiger partial charge is 0.228 e. The molecule has 0 aliphatic rings. The van der Waals surface area contributed by atoms with Crippen molar-refractivity contribution in [2.45, 2.75) is 33.2 Å². The van der Waals surface area contributed by atoms with Gasteiger partial charge in [0.25, 0.3) is 0 Å². The zero-order chi connectivity index (χ0) is 21.7. The number of hydrogen-bond acceptors (Lipinski definition) is 5. The summed E-state index contributed by atoms with van der Waals surface area (Å²) in [6.07, 6.45) is 0.124. The van der Waals surface area contributed by atoms with Gasteiger partial charge in [0.1, 0.15) is 5.75 Å². The van der Waals surface area contributed by atoms with Crippen LogP contribution in [0.4, 0.5) is 5.13 Å². The summed E-state index contributed by atoms with van der Waals surface area (Å²) in [5.74, 6) is 0.393. The van der Waals surface area contributed by atoms with E-state index in [1.54, 1.807) is 7.11 Å². The van der Waals surface area contributed by atoms with Crippen LogP contribution >= 0.6 is 11.3 Å². The molecule has 0 radical (unpaired) electrons. The van der Waals surface area contributed by atoms with Crippen LogP contribution < -0.4 is 15.4 Å². The molecule has 7 heteroatoms. The minimum absolute atomic E-state index is 0.124. The SMILES string of the molecule is COc1ccc(-c2nc(NC(=O)C[C@@H](NC(C)=O)c3ccc(C)cc3)sc2C)cc1. The van der Waals surface area contributed by atoms with E-state index in [0.29, 0.717) is 5.13 Å². The Morgan fingerprint density at radius 2 is 1.73 bits per heavy atom. The molecule has 0 spiro atoms. The molecule has 2 amide bonds. The van der Waals surface area contributed by atoms with Crippen LogP contribution in [0.25, 0.3) is 11.3 Å². The molecule has 2 N–H and O–H groups in total. The molecule has 1 atom stereocenters. The predicted octanol–water partition coefficient (Wildman–Crippen LogP) is 4.64. The fraction of sp³-hybridized carbons (Fsp3) is 0.261. The van der Waals surface area contributed by atoms with Crippen LogP contribution in [0.2, 0.25) is 0 Å². The number of nitrogens with zero attached hydrogens (tertiary/aromatic N) is 1. The van der Waals surface area contributed by atoms with Gasteiger partial charge in [0, 0.05) is 17.4 Å². The number of thiazole rings is 1. The van der Waals surface area contributed by atoms with Crippen LogP contribution in [0.3, 0.4) is 0 Å². The van der Waals surface area contributed by atoms with Crippen molar-refractivity contribution in [1.29, 1.82) is 0 Å². The molecule has 0 aliphatic carbocycles. The summed E-state index contributed by atoms with van der Waals surface area (Å²) in [4.78, 5) is 29.9. The maximum Gasteiger partial charge on any atom is 0.228 e. The van der Waals surface area contributed by atoms with E-state index in [2.05, 4.69) is 15.6 Å². The van der Waals surface area contributed by atoms with Crippen LogP contribution in [0, 0.1) is 13.8 Å². The first-order chi connectivity index (χ1) is 14.4. The molecule has 0 aliphatic heterocycles. The van der Waals surface area contributed by atoms with Gasteiger partial charge in [-0.25, -0.2) is 4.98 Å². The number of benzene rings is 2. The third-order valence-electron chi connectivity index (χ3n) is 4.65. The van der Waals surface area contributed by atoms with Gasteiger partial charge >= 0.3 is 0 Å². The zero-order valence-electron chi connectivity index (χ0n) is 17.5. The second-order valence-corrected chi connectivity index (χ2v) is 8.27. The summed E-state index contributed by atoms with van der Waals surface area (Å²) < 4.78 is 5.20. The molecule has 0 fully saturated rings. The second kappa shape index (κ2) is 9.54. The lowest BCUT2D eigenvalue weighted by atomic mass is 10.0. The summed E-state index contributed by atoms with van der Waals surface area (Å²) in [5.41, 5.74) is 3.80. The number of amides is 2. The number of hydrogen-bond donors (Lipinski definition) is 2. The summed E-state index contributed by atoms with van der Waals surface area (Å²) >= 11 is 1.42. The van der Waals surface area contributed by atoms with Crippen molar-refractivity contribution in [3.8, 4) is 17.0 Å². The fourth-order valence-corrected chi connectivity index (χ4v) is 3.97. The number of anilines is 1. The third kappa shape index (κ3) is 5.45. The summed E-state index contributed by atoms with van der Waals surface area (Å²) in [7, 11) is 1.63. The van der Waals surface area contributed by atoms with Crippen LogP contribution in [-0.4, -0.2) is 23.9 Å². The topological polar surface area (TPSA) is 80.3 Å². The van der Waals surface area contributed by atoms with E-state index in [0.717, 1.165) is 33.0 Å². The van der Waals surface area contributed by atoms with E-state index >= 15 is 0 Å². The molecule has 156 valence electrons. The Labute approximate surface area is 180 Å². The van der Waals surface area contributed by atoms with Gasteiger partial charge < -0.3 is 15.4 Å². The molecular formula is C23H25N3O3S. The maximum absolute atomic E-state index is 12.7. The van der Waals surface area contributed by atoms with Crippen molar-refractivity contribution in [2.24, 2.45) is 0 Å². The fourth-order valence-electron chi connectivity index (χ4n) is 3.12. The molecule has 30 heavy (non-hydrogen) atoms. The molecule has 0 unspecified atom stereocenters. The van der Waals surface area contributed by atoms with Crippen molar-refractivity contribution < 1.29 is 14.3 Å². The number of rotatable bonds is 7. The number of methoxy groups -OCH3 is 1. The number of carbonyl (C=O) groups is 2. The largest absolute Gasteiger partial charge is 0.497 e. The Kier molecular flexibility index (Phi) is 6.84. The lowest BCUT2D eigenvalue weighted by Gasteiger charge is -2.18. The molecule has 2 aromatic carbocycles. The zero-order valence-corrected chi connectivity index (χ0v) is 18.3. The normalized spacial score (nSPS) is 11.6. The summed E-state index contributed by atoms with van der Waals surface area (Å²) in [5, 5.41) is 6.27. The number of ether oxygens (including phenoxy) is 1. The van der Waals surface area contributed by atoms with Gasteiger partial charge in [-0.15, -0.1) is 11.3 Å². The molecule has 3 rings (SSSR count). The van der Waals surface area contributed by atoms with Crippen molar-refractivity contribution in [1.82, 2.24) is 10.3 Å². The van der Waals surface area contributed by atoms with E-state index < -0.39 is 6.04 Å². The van der Waals surface area contributed by atoms with Crippen LogP contribution in [0.5, 0.6) is 5.75 Å². The molecule has 0 saturated carbocycles. The summed E-state index contributed by atoms with van der Waals surface area (Å²) in [6, 6.07) is 15.0. The van der Waals surface area contributed by atoms with Gasteiger partial charge in [0.15, 0.2) is 5.13 Å². The Morgan fingerprint density at radius 3 is 2.33 bits per heavy atom. The molecular weight excluding hydrogens is 398 g/mol. The van der Waals surface area contributed by atoms with Crippen molar-refractivity contribution >= 4 is 28.3 Å². The average molecular weight is 424 g/mol. The van der Waals surface area contributed by atoms with E-state index in [9.17, 15) is 9.59 Å². The Balaban J connectivity index is 1.72. The molecule has 6 nitrogen and oxygen atoms in total. The summed E-state index contributed by atoms with van der Waals surface area (Å²) in [6.45, 7) is 5.42. The molecule has 0 bridgehead atoms. The molecule has 0 saturated heterocycles. The maximum atomic E-state index is 12.7. The first-order valence-corrected chi connectivity index (χ1v) is 10.4. The van der Waals surface area contributed by atoms with Crippen molar-refractivity contribution in [3.05, 3.63) is 64.5 Å². The van der Waals surface area contributed by atoms with Crippen molar-refractivity contribution in [3.63, 3.8) is 0 Å². The number of nitrogens with one attached hydrogen (secondary N) is 2. The van der Waals surface area contributed by atoms with E-state index in [4.69, 9.17) is 4.74 Å². The highest BCUT2D eigenvalue weighted by atomic mass is 32.1. The lowest BCUT2D eigenvalue weighted by molar-refractivity contribution is -0.120. The minimum atomic E-state index is -0.398. The molecule has 3 aromatic rings. The number of aryl methyl sites for hydroxylation is 2. The quantitative estimate of drug-likeness (QED) is 0.580. The monoisotopic (exact) mass is 423 g/mol. The molecule has 1 heterocycles. The van der Waals surface area contributed by atoms with E-state index in [-0.39, 0.29) is 18.2 Å². The predicted molar refractivity (Wildman–Crippen MR) is 120 cm³/mol. The van der Waals surface area contributed by atoms with Gasteiger partial charge in [-0.3, -0.25) is 9.59 Å². The average Bonchev–Trinajstić information content (AvgIpc) is 3.07. The van der Waals surface area contributed by atoms with E-state index in [1.807, 2.05) is 62.4 Å². The highest BCUT2D eigenvalue weighted by molar-refractivity contribution is 7.16. The highest BCUT2D eigenvalue weighted by Crippen LogP contribution is 2.31. The van der Waals surface area contributed by atoms with Gasteiger partial charge in [-0.05, 0) is 43.7 Å². The van der Waals surface area contributed by atoms with Gasteiger partial charge in [0.05, 0.1) is 25.3 Å². The Bertz CT molecular complexity index is 1030. The van der Waals surface area contributed by atoms with Crippen LogP contribution in [0.15, 0.2) is 48.5 Å². The van der Waals surface area contributed by atoms with Gasteiger partial charge in [-0.2, -0.15) is 0 Å². The lowest BCUT2D eigenvalue weighted by Crippen LogP contribution is -2.29. The Hall–Kier alpha value is -3.19. The Morgan fingerprint density at radius 1 is 1.07 bits per heavy atom. The van der Waals surface area contributed by atoms with E-state index in [1.165, 1.54) is 18.3 Å². The second-order valence-electron chi connectivity index (χ2n) is 7.07. The first-order valence-electron chi connectivity index (χ1n) is 9.61. The standard InChI is InChI=1S/C23H25N3O3S/c1-14-5-7-17(8-6-14)20(24-16(3)27)13-21(28)25-23-26-22(15(2)30-23)18-9-11-19(29-4)12-10-18/h5-12,20H,13H2,1-4H3,(H,24,27)(H,25,26,28)/t20-/m1/s1. The van der Waals surface area contributed by atoms with Crippen molar-refractivity contribution in [2.75, 3.05) is 12.4 Å². The number of carbonyl (C=O) groups excluding carboxylic acids is 2. The van der Waals surface area contributed by atoms with Crippen LogP contribution in [0.1, 0.15) is 35.4 Å².